The molecule has 7 nitrogen and oxygen atoms in total. The van der Waals surface area contributed by atoms with Crippen molar-refractivity contribution in [3.63, 3.8) is 0 Å². The van der Waals surface area contributed by atoms with Gasteiger partial charge in [0.25, 0.3) is 0 Å². The molecular formula is C9H14N4O3. The lowest BCUT2D eigenvalue weighted by atomic mass is 9.99. The average Bonchev–Trinajstić information content (AvgIpc) is 2.83. The van der Waals surface area contributed by atoms with Gasteiger partial charge in [-0.15, -0.1) is 5.10 Å². The standard InChI is InChI=1S/C9H14N4O3/c1-2-7-6(3-4-16-7)9-10-11-12-13(9)5-8(14)15/h6-7H,2-5H2,1H3,(H,14,15). The number of nitrogens with zero attached hydrogens (tertiary/aromatic N) is 4. The zero-order valence-corrected chi connectivity index (χ0v) is 9.04. The maximum Gasteiger partial charge on any atom is 0.325 e. The number of carboxylic acids is 1. The van der Waals surface area contributed by atoms with Gasteiger partial charge in [-0.2, -0.15) is 0 Å². The van der Waals surface area contributed by atoms with Gasteiger partial charge in [-0.05, 0) is 23.3 Å². The van der Waals surface area contributed by atoms with E-state index >= 15 is 0 Å². The number of aromatic nitrogens is 4. The van der Waals surface area contributed by atoms with E-state index < -0.39 is 5.97 Å². The van der Waals surface area contributed by atoms with E-state index in [4.69, 9.17) is 9.84 Å². The van der Waals surface area contributed by atoms with E-state index in [9.17, 15) is 4.79 Å². The van der Waals surface area contributed by atoms with E-state index in [2.05, 4.69) is 15.5 Å². The van der Waals surface area contributed by atoms with Crippen LogP contribution in [0.15, 0.2) is 0 Å². The van der Waals surface area contributed by atoms with Crippen LogP contribution in [0.3, 0.4) is 0 Å². The second-order valence-corrected chi connectivity index (χ2v) is 3.80. The normalized spacial score (nSPS) is 24.8. The van der Waals surface area contributed by atoms with Crippen LogP contribution in [-0.4, -0.2) is 44.0 Å². The van der Waals surface area contributed by atoms with E-state index in [1.54, 1.807) is 0 Å². The van der Waals surface area contributed by atoms with Gasteiger partial charge in [-0.25, -0.2) is 4.68 Å². The van der Waals surface area contributed by atoms with E-state index in [0.29, 0.717) is 12.4 Å². The molecule has 1 N–H and O–H groups in total. The van der Waals surface area contributed by atoms with Gasteiger partial charge >= 0.3 is 5.97 Å². The fraction of sp³-hybridized carbons (Fsp3) is 0.778. The summed E-state index contributed by atoms with van der Waals surface area (Å²) in [6.45, 7) is 2.52. The van der Waals surface area contributed by atoms with Gasteiger partial charge in [-0.3, -0.25) is 4.79 Å². The molecular weight excluding hydrogens is 212 g/mol. The van der Waals surface area contributed by atoms with Crippen LogP contribution in [-0.2, 0) is 16.1 Å². The molecule has 7 heteroatoms. The number of hydrogen-bond acceptors (Lipinski definition) is 5. The molecule has 88 valence electrons. The second kappa shape index (κ2) is 4.56. The van der Waals surface area contributed by atoms with Crippen LogP contribution in [0.5, 0.6) is 0 Å². The van der Waals surface area contributed by atoms with Gasteiger partial charge in [0.2, 0.25) is 0 Å². The molecule has 1 saturated heterocycles. The van der Waals surface area contributed by atoms with Crippen LogP contribution in [0, 0.1) is 0 Å². The summed E-state index contributed by atoms with van der Waals surface area (Å²) in [5, 5.41) is 19.9. The highest BCUT2D eigenvalue weighted by Gasteiger charge is 2.32. The molecule has 0 amide bonds. The molecule has 0 aliphatic carbocycles. The van der Waals surface area contributed by atoms with Crippen molar-refractivity contribution in [3.05, 3.63) is 5.82 Å². The number of hydrogen-bond donors (Lipinski definition) is 1. The van der Waals surface area contributed by atoms with Crippen LogP contribution < -0.4 is 0 Å². The van der Waals surface area contributed by atoms with Crippen molar-refractivity contribution >= 4 is 5.97 Å². The number of carboxylic acid groups (broad SMARTS) is 1. The van der Waals surface area contributed by atoms with Crippen LogP contribution >= 0.6 is 0 Å². The monoisotopic (exact) mass is 226 g/mol. The van der Waals surface area contributed by atoms with E-state index in [1.807, 2.05) is 6.92 Å². The molecule has 0 spiro atoms. The predicted octanol–water partition coefficient (Wildman–Crippen LogP) is 0.0402. The number of ether oxygens (including phenoxy) is 1. The summed E-state index contributed by atoms with van der Waals surface area (Å²) >= 11 is 0. The summed E-state index contributed by atoms with van der Waals surface area (Å²) in [6, 6.07) is 0. The molecule has 1 aromatic heterocycles. The molecule has 1 fully saturated rings. The number of aliphatic carboxylic acids is 1. The lowest BCUT2D eigenvalue weighted by Gasteiger charge is -2.15. The summed E-state index contributed by atoms with van der Waals surface area (Å²) in [7, 11) is 0. The summed E-state index contributed by atoms with van der Waals surface area (Å²) < 4.78 is 6.88. The van der Waals surface area contributed by atoms with E-state index in [1.165, 1.54) is 4.68 Å². The van der Waals surface area contributed by atoms with Gasteiger partial charge in [0.15, 0.2) is 5.82 Å². The highest BCUT2D eigenvalue weighted by molar-refractivity contribution is 5.66. The van der Waals surface area contributed by atoms with E-state index in [0.717, 1.165) is 12.8 Å². The quantitative estimate of drug-likeness (QED) is 0.779. The van der Waals surface area contributed by atoms with Gasteiger partial charge in [0.05, 0.1) is 6.10 Å². The van der Waals surface area contributed by atoms with Gasteiger partial charge in [0, 0.05) is 12.5 Å². The van der Waals surface area contributed by atoms with Crippen molar-refractivity contribution in [3.8, 4) is 0 Å². The lowest BCUT2D eigenvalue weighted by molar-refractivity contribution is -0.138. The minimum Gasteiger partial charge on any atom is -0.480 e. The number of carbonyl (C=O) groups is 1. The third kappa shape index (κ3) is 2.04. The van der Waals surface area contributed by atoms with Crippen molar-refractivity contribution in [1.82, 2.24) is 20.2 Å². The third-order valence-electron chi connectivity index (χ3n) is 2.79. The Morgan fingerprint density at radius 1 is 1.69 bits per heavy atom. The Kier molecular flexibility index (Phi) is 3.14. The first kappa shape index (κ1) is 11.0. The molecule has 2 atom stereocenters. The number of rotatable bonds is 4. The average molecular weight is 226 g/mol. The Morgan fingerprint density at radius 2 is 2.50 bits per heavy atom. The molecule has 0 bridgehead atoms. The predicted molar refractivity (Wildman–Crippen MR) is 52.8 cm³/mol. The van der Waals surface area contributed by atoms with Crippen molar-refractivity contribution in [1.29, 1.82) is 0 Å². The molecule has 0 radical (unpaired) electrons. The topological polar surface area (TPSA) is 90.1 Å². The van der Waals surface area contributed by atoms with Crippen LogP contribution in [0.4, 0.5) is 0 Å². The summed E-state index contributed by atoms with van der Waals surface area (Å²) in [4.78, 5) is 10.6. The summed E-state index contributed by atoms with van der Waals surface area (Å²) in [5.74, 6) is -0.216. The molecule has 0 aromatic carbocycles. The second-order valence-electron chi connectivity index (χ2n) is 3.80. The molecule has 2 heterocycles. The Hall–Kier alpha value is -1.50. The van der Waals surface area contributed by atoms with Crippen LogP contribution in [0.25, 0.3) is 0 Å². The lowest BCUT2D eigenvalue weighted by Crippen LogP contribution is -2.20. The highest BCUT2D eigenvalue weighted by atomic mass is 16.5. The van der Waals surface area contributed by atoms with E-state index in [-0.39, 0.29) is 18.6 Å². The fourth-order valence-electron chi connectivity index (χ4n) is 2.06. The van der Waals surface area contributed by atoms with Crippen LogP contribution in [0.2, 0.25) is 0 Å². The van der Waals surface area contributed by atoms with Gasteiger partial charge < -0.3 is 9.84 Å². The first-order valence-electron chi connectivity index (χ1n) is 5.31. The molecule has 2 rings (SSSR count). The molecule has 1 aliphatic rings. The van der Waals surface area contributed by atoms with Gasteiger partial charge in [-0.1, -0.05) is 6.92 Å². The van der Waals surface area contributed by atoms with Gasteiger partial charge in [0.1, 0.15) is 6.54 Å². The molecule has 2 unspecified atom stereocenters. The highest BCUT2D eigenvalue weighted by Crippen LogP contribution is 2.31. The Morgan fingerprint density at radius 3 is 3.19 bits per heavy atom. The van der Waals surface area contributed by atoms with Crippen molar-refractivity contribution < 1.29 is 14.6 Å². The Bertz CT molecular complexity index is 379. The smallest absolute Gasteiger partial charge is 0.325 e. The first-order chi connectivity index (χ1) is 7.72. The zero-order chi connectivity index (χ0) is 11.5. The summed E-state index contributed by atoms with van der Waals surface area (Å²) in [5.41, 5.74) is 0. The SMILES string of the molecule is CCC1OCCC1c1nnnn1CC(=O)O. The zero-order valence-electron chi connectivity index (χ0n) is 9.04. The molecule has 1 aliphatic heterocycles. The maximum absolute atomic E-state index is 10.6. The number of tetrazole rings is 1. The Balaban J connectivity index is 2.19. The van der Waals surface area contributed by atoms with Crippen molar-refractivity contribution in [2.75, 3.05) is 6.61 Å². The summed E-state index contributed by atoms with van der Waals surface area (Å²) in [6.07, 6.45) is 1.82. The maximum atomic E-state index is 10.6. The largest absolute Gasteiger partial charge is 0.480 e. The van der Waals surface area contributed by atoms with Crippen LogP contribution in [0.1, 0.15) is 31.5 Å². The minimum absolute atomic E-state index is 0.0959. The van der Waals surface area contributed by atoms with Crippen molar-refractivity contribution in [2.45, 2.75) is 38.3 Å². The first-order valence-corrected chi connectivity index (χ1v) is 5.31. The Labute approximate surface area is 92.4 Å². The molecule has 0 saturated carbocycles. The van der Waals surface area contributed by atoms with Crippen molar-refractivity contribution in [2.24, 2.45) is 0 Å². The third-order valence-corrected chi connectivity index (χ3v) is 2.79. The fourth-order valence-corrected chi connectivity index (χ4v) is 2.06. The molecule has 1 aromatic rings. The molecule has 16 heavy (non-hydrogen) atoms. The minimum atomic E-state index is -0.944.